The topological polar surface area (TPSA) is 0 Å². The van der Waals surface area contributed by atoms with Crippen molar-refractivity contribution in [3.05, 3.63) is 0 Å². The van der Waals surface area contributed by atoms with Crippen LogP contribution in [0.5, 0.6) is 0 Å². The van der Waals surface area contributed by atoms with Gasteiger partial charge in [-0.1, -0.05) is 19.7 Å². The van der Waals surface area contributed by atoms with Gasteiger partial charge in [0.25, 0.3) is 0 Å². The van der Waals surface area contributed by atoms with Gasteiger partial charge in [0, 0.05) is 0 Å². The fourth-order valence-electron chi connectivity index (χ4n) is 0.287. The zero-order valence-corrected chi connectivity index (χ0v) is 6.72. The molecule has 0 aromatic carbocycles. The van der Waals surface area contributed by atoms with Crippen LogP contribution >= 0.6 is 19.0 Å². The fraction of sp³-hybridized carbons (Fsp3) is 1.00. The zero-order chi connectivity index (χ0) is 5.54. The second-order valence-corrected chi connectivity index (χ2v) is 4.30. The number of hydrogen-bond donors (Lipinski definition) is 0. The molecule has 3 heteroatoms. The van der Waals surface area contributed by atoms with Crippen LogP contribution in [0.2, 0.25) is 6.32 Å². The lowest BCUT2D eigenvalue weighted by atomic mass is 10.0. The Labute approximate surface area is 52.6 Å². The third-order valence-electron chi connectivity index (χ3n) is 0.634. The van der Waals surface area contributed by atoms with E-state index in [1.807, 2.05) is 11.4 Å². The predicted molar refractivity (Wildman–Crippen MR) is 42.7 cm³/mol. The maximum atomic E-state index is 2.35. The Balaban J connectivity index is 2.45. The van der Waals surface area contributed by atoms with Gasteiger partial charge in [0.1, 0.15) is 0 Å². The Morgan fingerprint density at radius 3 is 2.86 bits per heavy atom. The Bertz CT molecular complexity index is 30.9. The van der Waals surface area contributed by atoms with Gasteiger partial charge in [0.2, 0.25) is 0 Å². The van der Waals surface area contributed by atoms with Crippen LogP contribution in [0.3, 0.4) is 0 Å². The highest BCUT2D eigenvalue weighted by atomic mass is 32.7. The molecule has 0 bridgehead atoms. The highest BCUT2D eigenvalue weighted by Crippen LogP contribution is 2.24. The van der Waals surface area contributed by atoms with Gasteiger partial charge in [-0.2, -0.15) is 11.4 Å². The summed E-state index contributed by atoms with van der Waals surface area (Å²) in [6, 6.07) is 0. The van der Waals surface area contributed by atoms with E-state index in [4.69, 9.17) is 0 Å². The lowest BCUT2D eigenvalue weighted by Crippen LogP contribution is -1.72. The molecule has 1 unspecified atom stereocenters. The predicted octanol–water partition coefficient (Wildman–Crippen LogP) is 2.39. The highest BCUT2D eigenvalue weighted by molar-refractivity contribution is 8.56. The molecule has 0 heterocycles. The monoisotopic (exact) mass is 133 g/mol. The van der Waals surface area contributed by atoms with Gasteiger partial charge >= 0.3 is 0 Å². The van der Waals surface area contributed by atoms with E-state index < -0.39 is 0 Å². The second kappa shape index (κ2) is 6.84. The van der Waals surface area contributed by atoms with Crippen molar-refractivity contribution in [3.8, 4) is 0 Å². The maximum absolute atomic E-state index is 2.35. The normalized spacial score (nSPS) is 10.6. The molecule has 0 amide bonds. The summed E-state index contributed by atoms with van der Waals surface area (Å²) in [6.45, 7) is 4.56. The summed E-state index contributed by atoms with van der Waals surface area (Å²) in [7, 11) is 1.01. The van der Waals surface area contributed by atoms with Crippen molar-refractivity contribution < 1.29 is 0 Å². The van der Waals surface area contributed by atoms with Crippen LogP contribution in [0.25, 0.3) is 0 Å². The van der Waals surface area contributed by atoms with Crippen molar-refractivity contribution in [2.75, 3.05) is 6.26 Å². The van der Waals surface area contributed by atoms with Gasteiger partial charge in [-0.3, -0.25) is 0 Å². The Morgan fingerprint density at radius 1 is 1.71 bits per heavy atom. The van der Waals surface area contributed by atoms with E-state index in [9.17, 15) is 0 Å². The van der Waals surface area contributed by atoms with Crippen LogP contribution in [-0.4, -0.2) is 13.3 Å². The van der Waals surface area contributed by atoms with Crippen molar-refractivity contribution in [2.24, 2.45) is 0 Å². The van der Waals surface area contributed by atoms with Crippen LogP contribution in [-0.2, 0) is 0 Å². The average molecular weight is 133 g/mol. The minimum atomic E-state index is 1.01. The largest absolute Gasteiger partial charge is 0.156 e. The van der Waals surface area contributed by atoms with Crippen molar-refractivity contribution in [1.82, 2.24) is 0 Å². The molecular weight excluding hydrogens is 122 g/mol. The van der Waals surface area contributed by atoms with Crippen molar-refractivity contribution in [2.45, 2.75) is 19.7 Å². The lowest BCUT2D eigenvalue weighted by Gasteiger charge is -1.88. The van der Waals surface area contributed by atoms with Gasteiger partial charge < -0.3 is 0 Å². The molecule has 0 N–H and O–H groups in total. The summed E-state index contributed by atoms with van der Waals surface area (Å²) >= 11 is 1.91. The molecule has 0 aromatic heterocycles. The van der Waals surface area contributed by atoms with Crippen LogP contribution in [0, 0.1) is 0 Å². The van der Waals surface area contributed by atoms with E-state index in [1.54, 1.807) is 0 Å². The van der Waals surface area contributed by atoms with Gasteiger partial charge in [0.05, 0.1) is 0 Å². The first kappa shape index (κ1) is 7.84. The first-order chi connectivity index (χ1) is 3.41. The highest BCUT2D eigenvalue weighted by Gasteiger charge is 1.83. The molecule has 0 aliphatic carbocycles. The molecule has 0 aliphatic rings. The van der Waals surface area contributed by atoms with E-state index in [0.717, 1.165) is 7.66 Å². The molecule has 0 rings (SSSR count). The molecule has 0 aliphatic heterocycles. The first-order valence-electron chi connectivity index (χ1n) is 2.52. The molecular formula is C4H11BPS. The van der Waals surface area contributed by atoms with Gasteiger partial charge in [-0.25, -0.2) is 0 Å². The van der Waals surface area contributed by atoms with Crippen molar-refractivity contribution >= 4 is 26.0 Å². The molecule has 0 fully saturated rings. The Kier molecular flexibility index (Phi) is 7.67. The van der Waals surface area contributed by atoms with E-state index in [0.29, 0.717) is 0 Å². The van der Waals surface area contributed by atoms with E-state index in [-0.39, 0.29) is 0 Å². The van der Waals surface area contributed by atoms with Crippen molar-refractivity contribution in [1.29, 1.82) is 0 Å². The second-order valence-electron chi connectivity index (χ2n) is 1.31. The van der Waals surface area contributed by atoms with Crippen LogP contribution in [0.1, 0.15) is 13.3 Å². The van der Waals surface area contributed by atoms with Crippen molar-refractivity contribution in [3.63, 3.8) is 0 Å². The van der Waals surface area contributed by atoms with Gasteiger partial charge in [0.15, 0.2) is 7.00 Å². The molecule has 1 atom stereocenters. The van der Waals surface area contributed by atoms with Gasteiger partial charge in [-0.05, 0) is 6.26 Å². The third-order valence-corrected chi connectivity index (χ3v) is 2.53. The summed E-state index contributed by atoms with van der Waals surface area (Å²) in [5, 5.41) is 0. The molecule has 7 heavy (non-hydrogen) atoms. The number of rotatable bonds is 4. The first-order valence-corrected chi connectivity index (χ1v) is 5.54. The fourth-order valence-corrected chi connectivity index (χ4v) is 1.71. The summed E-state index contributed by atoms with van der Waals surface area (Å²) in [5.74, 6) is 0. The van der Waals surface area contributed by atoms with Crippen LogP contribution in [0.4, 0.5) is 0 Å². The summed E-state index contributed by atoms with van der Waals surface area (Å²) in [5.41, 5.74) is 0. The average Bonchev–Trinajstić information content (AvgIpc) is 1.69. The molecule has 0 saturated carbocycles. The van der Waals surface area contributed by atoms with Gasteiger partial charge in [-0.15, -0.1) is 7.66 Å². The molecule has 0 saturated heterocycles. The number of hydrogen-bond acceptors (Lipinski definition) is 1. The SMILES string of the molecule is CCC[B]PSC. The summed E-state index contributed by atoms with van der Waals surface area (Å²) in [4.78, 5) is 0. The molecule has 1 radical (unpaired) electrons. The Hall–Kier alpha value is 0.845. The zero-order valence-electron chi connectivity index (χ0n) is 4.90. The molecule has 41 valence electrons. The Morgan fingerprint density at radius 2 is 2.43 bits per heavy atom. The standard InChI is InChI=1S/C4H11BPS/c1-3-4-5-6-7-2/h6H,3-4H2,1-2H3. The smallest absolute Gasteiger partial charge is 0.151 e. The maximum Gasteiger partial charge on any atom is 0.156 e. The molecule has 0 nitrogen and oxygen atoms in total. The molecule has 0 aromatic rings. The lowest BCUT2D eigenvalue weighted by molar-refractivity contribution is 1.08. The minimum Gasteiger partial charge on any atom is -0.151 e. The van der Waals surface area contributed by atoms with Crippen LogP contribution in [0.15, 0.2) is 0 Å². The quantitative estimate of drug-likeness (QED) is 0.322. The van der Waals surface area contributed by atoms with Crippen LogP contribution < -0.4 is 0 Å². The van der Waals surface area contributed by atoms with E-state index in [2.05, 4.69) is 20.2 Å². The van der Waals surface area contributed by atoms with E-state index >= 15 is 0 Å². The minimum absolute atomic E-state index is 1.01. The van der Waals surface area contributed by atoms with E-state index in [1.165, 1.54) is 12.7 Å². The molecule has 0 spiro atoms. The summed E-state index contributed by atoms with van der Waals surface area (Å²) < 4.78 is 0. The summed E-state index contributed by atoms with van der Waals surface area (Å²) in [6.07, 6.45) is 4.73. The third kappa shape index (κ3) is 6.84.